The number of unbranched alkanes of at least 4 members (excludes halogenated alkanes) is 30. The van der Waals surface area contributed by atoms with Crippen molar-refractivity contribution < 1.29 is 28.6 Å². The first-order valence-electron chi connectivity index (χ1n) is 34.0. The monoisotopic (exact) mass is 1120 g/mol. The Labute approximate surface area is 501 Å². The summed E-state index contributed by atoms with van der Waals surface area (Å²) in [4.78, 5) is 38.2. The summed E-state index contributed by atoms with van der Waals surface area (Å²) in [6.45, 7) is 6.47. The van der Waals surface area contributed by atoms with E-state index in [9.17, 15) is 14.4 Å². The standard InChI is InChI=1S/C75H126O6/c1-4-7-10-13-16-19-22-24-26-28-30-31-32-33-34-35-36-37-38-39-40-41-42-43-44-45-46-48-49-51-53-56-59-62-65-68-74(77)80-71-72(70-79-73(76)67-64-61-58-55-21-18-15-12-9-6-3)81-75(78)69-66-63-60-57-54-52-50-47-29-27-25-23-20-17-14-11-8-5-2/h7,10,12,15-16,19,24,26-27,29-31,33-34,36-37,39-40,42-43,72H,4-6,8-9,11,13-14,17-18,20-23,25,28,32,35,38,41,44-71H2,1-3H3/b10-7-,15-12-,19-16-,26-24-,29-27-,31-30-,34-33-,37-36-,40-39-,43-42-. The van der Waals surface area contributed by atoms with Crippen molar-refractivity contribution in [2.45, 2.75) is 322 Å². The molecule has 0 bridgehead atoms. The van der Waals surface area contributed by atoms with Crippen molar-refractivity contribution in [1.29, 1.82) is 0 Å². The quantitative estimate of drug-likeness (QED) is 0.0261. The molecule has 0 amide bonds. The first-order chi connectivity index (χ1) is 40.0. The van der Waals surface area contributed by atoms with Crippen LogP contribution in [0, 0.1) is 0 Å². The number of allylic oxidation sites excluding steroid dienone is 20. The van der Waals surface area contributed by atoms with Gasteiger partial charge in [0.05, 0.1) is 0 Å². The zero-order chi connectivity index (χ0) is 58.5. The number of rotatable bonds is 61. The van der Waals surface area contributed by atoms with Gasteiger partial charge in [0.15, 0.2) is 6.10 Å². The Kier molecular flexibility index (Phi) is 64.8. The second-order valence-electron chi connectivity index (χ2n) is 22.3. The lowest BCUT2D eigenvalue weighted by Crippen LogP contribution is -2.30. The Morgan fingerprint density at radius 1 is 0.259 bits per heavy atom. The molecule has 0 aliphatic carbocycles. The van der Waals surface area contributed by atoms with Crippen molar-refractivity contribution in [3.05, 3.63) is 122 Å². The summed E-state index contributed by atoms with van der Waals surface area (Å²) in [6, 6.07) is 0. The topological polar surface area (TPSA) is 78.9 Å². The van der Waals surface area contributed by atoms with Crippen LogP contribution in [0.2, 0.25) is 0 Å². The fraction of sp³-hybridized carbons (Fsp3) is 0.693. The number of carbonyl (C=O) groups is 3. The van der Waals surface area contributed by atoms with Gasteiger partial charge in [0.25, 0.3) is 0 Å². The third-order valence-electron chi connectivity index (χ3n) is 14.4. The number of hydrogen-bond donors (Lipinski definition) is 0. The van der Waals surface area contributed by atoms with E-state index in [1.165, 1.54) is 154 Å². The van der Waals surface area contributed by atoms with Crippen molar-refractivity contribution in [3.63, 3.8) is 0 Å². The molecule has 1 unspecified atom stereocenters. The molecule has 0 rings (SSSR count). The lowest BCUT2D eigenvalue weighted by molar-refractivity contribution is -0.167. The summed E-state index contributed by atoms with van der Waals surface area (Å²) in [7, 11) is 0. The lowest BCUT2D eigenvalue weighted by Gasteiger charge is -2.18. The van der Waals surface area contributed by atoms with E-state index in [4.69, 9.17) is 14.2 Å². The second-order valence-corrected chi connectivity index (χ2v) is 22.3. The maximum Gasteiger partial charge on any atom is 0.306 e. The smallest absolute Gasteiger partial charge is 0.306 e. The van der Waals surface area contributed by atoms with E-state index in [1.54, 1.807) is 0 Å². The largest absolute Gasteiger partial charge is 0.462 e. The zero-order valence-electron chi connectivity index (χ0n) is 53.0. The van der Waals surface area contributed by atoms with E-state index in [1.807, 2.05) is 0 Å². The van der Waals surface area contributed by atoms with Crippen LogP contribution < -0.4 is 0 Å². The van der Waals surface area contributed by atoms with E-state index >= 15 is 0 Å². The summed E-state index contributed by atoms with van der Waals surface area (Å²) in [5.41, 5.74) is 0. The van der Waals surface area contributed by atoms with Gasteiger partial charge in [-0.3, -0.25) is 14.4 Å². The number of esters is 3. The molecule has 0 heterocycles. The van der Waals surface area contributed by atoms with Crippen LogP contribution in [0.25, 0.3) is 0 Å². The normalized spacial score (nSPS) is 12.9. The maximum atomic E-state index is 12.9. The van der Waals surface area contributed by atoms with Gasteiger partial charge in [-0.15, -0.1) is 0 Å². The molecule has 0 saturated carbocycles. The zero-order valence-corrected chi connectivity index (χ0v) is 53.0. The Morgan fingerprint density at radius 2 is 0.506 bits per heavy atom. The predicted molar refractivity (Wildman–Crippen MR) is 353 cm³/mol. The first kappa shape index (κ1) is 76.8. The molecule has 0 saturated heterocycles. The average Bonchev–Trinajstić information content (AvgIpc) is 3.47. The van der Waals surface area contributed by atoms with Crippen molar-refractivity contribution in [1.82, 2.24) is 0 Å². The highest BCUT2D eigenvalue weighted by molar-refractivity contribution is 5.71. The molecule has 0 aliphatic rings. The number of carbonyl (C=O) groups excluding carboxylic acids is 3. The van der Waals surface area contributed by atoms with Gasteiger partial charge >= 0.3 is 17.9 Å². The van der Waals surface area contributed by atoms with Crippen LogP contribution in [-0.2, 0) is 28.6 Å². The third kappa shape index (κ3) is 66.5. The van der Waals surface area contributed by atoms with Crippen LogP contribution in [0.3, 0.4) is 0 Å². The minimum atomic E-state index is -0.787. The molecule has 81 heavy (non-hydrogen) atoms. The second kappa shape index (κ2) is 68.3. The number of hydrogen-bond acceptors (Lipinski definition) is 6. The van der Waals surface area contributed by atoms with Gasteiger partial charge in [-0.2, -0.15) is 0 Å². The summed E-state index contributed by atoms with van der Waals surface area (Å²) in [6.07, 6.45) is 95.1. The van der Waals surface area contributed by atoms with Crippen molar-refractivity contribution >= 4 is 17.9 Å². The summed E-state index contributed by atoms with van der Waals surface area (Å²) in [5, 5.41) is 0. The summed E-state index contributed by atoms with van der Waals surface area (Å²) in [5.74, 6) is -0.897. The van der Waals surface area contributed by atoms with Crippen LogP contribution >= 0.6 is 0 Å². The highest BCUT2D eigenvalue weighted by Gasteiger charge is 2.19. The minimum Gasteiger partial charge on any atom is -0.462 e. The fourth-order valence-corrected chi connectivity index (χ4v) is 9.34. The van der Waals surface area contributed by atoms with E-state index in [2.05, 4.69) is 142 Å². The molecule has 0 aliphatic heterocycles. The average molecular weight is 1120 g/mol. The molecule has 0 aromatic carbocycles. The minimum absolute atomic E-state index is 0.0845. The van der Waals surface area contributed by atoms with E-state index in [-0.39, 0.29) is 31.1 Å². The molecule has 0 spiro atoms. The third-order valence-corrected chi connectivity index (χ3v) is 14.4. The molecule has 0 N–H and O–H groups in total. The molecule has 6 nitrogen and oxygen atoms in total. The molecule has 0 radical (unpaired) electrons. The fourth-order valence-electron chi connectivity index (χ4n) is 9.34. The molecular formula is C75H126O6. The van der Waals surface area contributed by atoms with E-state index in [0.717, 1.165) is 122 Å². The van der Waals surface area contributed by atoms with Gasteiger partial charge in [0.2, 0.25) is 0 Å². The van der Waals surface area contributed by atoms with Gasteiger partial charge in [-0.05, 0) is 128 Å². The molecule has 1 atom stereocenters. The van der Waals surface area contributed by atoms with Crippen LogP contribution in [0.15, 0.2) is 122 Å². The van der Waals surface area contributed by atoms with Crippen LogP contribution in [0.4, 0.5) is 0 Å². The Balaban J connectivity index is 4.18. The highest BCUT2D eigenvalue weighted by Crippen LogP contribution is 2.16. The Bertz CT molecular complexity index is 1670. The molecule has 462 valence electrons. The van der Waals surface area contributed by atoms with E-state index < -0.39 is 6.10 Å². The van der Waals surface area contributed by atoms with Gasteiger partial charge < -0.3 is 14.2 Å². The Morgan fingerprint density at radius 3 is 0.815 bits per heavy atom. The lowest BCUT2D eigenvalue weighted by atomic mass is 10.1. The predicted octanol–water partition coefficient (Wildman–Crippen LogP) is 23.6. The van der Waals surface area contributed by atoms with Gasteiger partial charge in [0, 0.05) is 19.3 Å². The van der Waals surface area contributed by atoms with Crippen LogP contribution in [0.5, 0.6) is 0 Å². The molecular weight excluding hydrogens is 997 g/mol. The van der Waals surface area contributed by atoms with Crippen LogP contribution in [-0.4, -0.2) is 37.2 Å². The van der Waals surface area contributed by atoms with Crippen molar-refractivity contribution in [3.8, 4) is 0 Å². The van der Waals surface area contributed by atoms with Gasteiger partial charge in [-0.1, -0.05) is 290 Å². The summed E-state index contributed by atoms with van der Waals surface area (Å²) < 4.78 is 16.9. The molecule has 0 aromatic heterocycles. The molecule has 0 aromatic rings. The Hall–Kier alpha value is -4.19. The van der Waals surface area contributed by atoms with Crippen molar-refractivity contribution in [2.75, 3.05) is 13.2 Å². The number of ether oxygens (including phenoxy) is 3. The SMILES string of the molecule is CC/C=C\C/C=C\C/C=C\C/C=C\C/C=C\C/C=C\C/C=C\C/C=C\CCCCCCCCCCCCC(=O)OCC(COC(=O)CCCCCCC/C=C\CCC)OC(=O)CCCCCCCCC/C=C\CCCCCCCCC. The molecule has 0 fully saturated rings. The van der Waals surface area contributed by atoms with Crippen molar-refractivity contribution in [2.24, 2.45) is 0 Å². The summed E-state index contributed by atoms with van der Waals surface area (Å²) >= 11 is 0. The highest BCUT2D eigenvalue weighted by atomic mass is 16.6. The van der Waals surface area contributed by atoms with Gasteiger partial charge in [-0.25, -0.2) is 0 Å². The van der Waals surface area contributed by atoms with E-state index in [0.29, 0.717) is 19.3 Å². The van der Waals surface area contributed by atoms with Gasteiger partial charge in [0.1, 0.15) is 13.2 Å². The molecule has 6 heteroatoms. The maximum absolute atomic E-state index is 12.9. The first-order valence-corrected chi connectivity index (χ1v) is 34.0. The van der Waals surface area contributed by atoms with Crippen LogP contribution in [0.1, 0.15) is 316 Å².